The number of thiophene rings is 1. The molecule has 2 aromatic rings. The lowest BCUT2D eigenvalue weighted by molar-refractivity contribution is 0.103. The van der Waals surface area contributed by atoms with E-state index in [1.54, 1.807) is 24.3 Å². The summed E-state index contributed by atoms with van der Waals surface area (Å²) in [4.78, 5) is 12.7. The van der Waals surface area contributed by atoms with Gasteiger partial charge in [-0.1, -0.05) is 17.7 Å². The van der Waals surface area contributed by atoms with Crippen LogP contribution >= 0.6 is 22.9 Å². The van der Waals surface area contributed by atoms with Crippen LogP contribution in [0.25, 0.3) is 0 Å². The van der Waals surface area contributed by atoms with Crippen LogP contribution < -0.4 is 10.0 Å². The van der Waals surface area contributed by atoms with Crippen LogP contribution in [-0.2, 0) is 10.0 Å². The molecule has 0 aliphatic heterocycles. The van der Waals surface area contributed by atoms with E-state index in [9.17, 15) is 13.2 Å². The van der Waals surface area contributed by atoms with Crippen molar-refractivity contribution in [1.29, 1.82) is 0 Å². The van der Waals surface area contributed by atoms with Gasteiger partial charge in [-0.25, -0.2) is 13.1 Å². The Hall–Kier alpha value is -1.41. The number of halogens is 1. The Labute approximate surface area is 137 Å². The van der Waals surface area contributed by atoms with Crippen LogP contribution in [0.3, 0.4) is 0 Å². The van der Waals surface area contributed by atoms with Gasteiger partial charge in [0.1, 0.15) is 0 Å². The SMILES string of the molecule is O=C(Nc1cccc(S(=O)(=O)NC2CC2)c1)c1ccc(Cl)s1. The number of anilines is 1. The Kier molecular flexibility index (Phi) is 4.22. The third kappa shape index (κ3) is 3.67. The van der Waals surface area contributed by atoms with Crippen LogP contribution in [0.15, 0.2) is 41.3 Å². The summed E-state index contributed by atoms with van der Waals surface area (Å²) in [5.74, 6) is -0.318. The first-order valence-corrected chi connectivity index (χ1v) is 9.31. The first-order valence-electron chi connectivity index (χ1n) is 6.63. The molecule has 3 rings (SSSR count). The van der Waals surface area contributed by atoms with Gasteiger partial charge in [0.05, 0.1) is 14.1 Å². The molecule has 0 bridgehead atoms. The van der Waals surface area contributed by atoms with Crippen molar-refractivity contribution in [2.45, 2.75) is 23.8 Å². The number of amides is 1. The lowest BCUT2D eigenvalue weighted by Gasteiger charge is -2.08. The maximum atomic E-state index is 12.2. The van der Waals surface area contributed by atoms with E-state index < -0.39 is 10.0 Å². The minimum Gasteiger partial charge on any atom is -0.321 e. The molecular weight excluding hydrogens is 344 g/mol. The van der Waals surface area contributed by atoms with Crippen molar-refractivity contribution in [2.24, 2.45) is 0 Å². The average Bonchev–Trinajstić information content (AvgIpc) is 3.16. The van der Waals surface area contributed by atoms with Crippen LogP contribution in [0.4, 0.5) is 5.69 Å². The van der Waals surface area contributed by atoms with Crippen LogP contribution in [0.5, 0.6) is 0 Å². The normalized spacial score (nSPS) is 14.8. The fraction of sp³-hybridized carbons (Fsp3) is 0.214. The summed E-state index contributed by atoms with van der Waals surface area (Å²) >= 11 is 6.96. The second kappa shape index (κ2) is 6.00. The Morgan fingerprint density at radius 3 is 2.64 bits per heavy atom. The van der Waals surface area contributed by atoms with Gasteiger partial charge in [-0.2, -0.15) is 0 Å². The molecule has 1 fully saturated rings. The highest BCUT2D eigenvalue weighted by molar-refractivity contribution is 7.89. The Bertz CT molecular complexity index is 813. The highest BCUT2D eigenvalue weighted by Gasteiger charge is 2.28. The summed E-state index contributed by atoms with van der Waals surface area (Å²) in [6.45, 7) is 0. The first-order chi connectivity index (χ1) is 10.4. The lowest BCUT2D eigenvalue weighted by atomic mass is 10.3. The van der Waals surface area contributed by atoms with E-state index in [1.165, 1.54) is 12.1 Å². The fourth-order valence-corrected chi connectivity index (χ4v) is 4.15. The van der Waals surface area contributed by atoms with Gasteiger partial charge in [-0.3, -0.25) is 4.79 Å². The smallest absolute Gasteiger partial charge is 0.265 e. The number of hydrogen-bond donors (Lipinski definition) is 2. The summed E-state index contributed by atoms with van der Waals surface area (Å²) in [5, 5.41) is 2.67. The molecule has 1 saturated carbocycles. The van der Waals surface area contributed by atoms with Gasteiger partial charge >= 0.3 is 0 Å². The Morgan fingerprint density at radius 1 is 1.23 bits per heavy atom. The van der Waals surface area contributed by atoms with E-state index in [2.05, 4.69) is 10.0 Å². The second-order valence-electron chi connectivity index (χ2n) is 4.98. The zero-order valence-electron chi connectivity index (χ0n) is 11.4. The van der Waals surface area contributed by atoms with Gasteiger partial charge in [0.2, 0.25) is 10.0 Å². The first kappa shape index (κ1) is 15.5. The van der Waals surface area contributed by atoms with Crippen molar-refractivity contribution >= 4 is 44.6 Å². The highest BCUT2D eigenvalue weighted by atomic mass is 35.5. The van der Waals surface area contributed by atoms with Gasteiger partial charge in [-0.05, 0) is 43.2 Å². The highest BCUT2D eigenvalue weighted by Crippen LogP contribution is 2.25. The molecule has 1 aromatic carbocycles. The van der Waals surface area contributed by atoms with Crippen LogP contribution in [0.2, 0.25) is 4.34 Å². The lowest BCUT2D eigenvalue weighted by Crippen LogP contribution is -2.25. The Balaban J connectivity index is 1.77. The molecule has 8 heteroatoms. The summed E-state index contributed by atoms with van der Waals surface area (Å²) in [5.41, 5.74) is 0.424. The molecule has 116 valence electrons. The maximum absolute atomic E-state index is 12.2. The monoisotopic (exact) mass is 356 g/mol. The molecule has 0 atom stereocenters. The summed E-state index contributed by atoms with van der Waals surface area (Å²) in [7, 11) is -3.54. The van der Waals surface area contributed by atoms with Gasteiger partial charge in [0.15, 0.2) is 0 Å². The number of carbonyl (C=O) groups is 1. The predicted octanol–water partition coefficient (Wildman–Crippen LogP) is 3.09. The van der Waals surface area contributed by atoms with E-state index in [-0.39, 0.29) is 16.8 Å². The molecule has 1 aliphatic rings. The van der Waals surface area contributed by atoms with Crippen LogP contribution in [0, 0.1) is 0 Å². The van der Waals surface area contributed by atoms with Gasteiger partial charge in [0, 0.05) is 11.7 Å². The molecule has 1 aliphatic carbocycles. The molecule has 0 spiro atoms. The van der Waals surface area contributed by atoms with E-state index in [4.69, 9.17) is 11.6 Å². The van der Waals surface area contributed by atoms with E-state index >= 15 is 0 Å². The maximum Gasteiger partial charge on any atom is 0.265 e. The molecule has 0 unspecified atom stereocenters. The van der Waals surface area contributed by atoms with Crippen molar-refractivity contribution in [3.8, 4) is 0 Å². The van der Waals surface area contributed by atoms with Gasteiger partial charge in [0.25, 0.3) is 5.91 Å². The number of nitrogens with one attached hydrogen (secondary N) is 2. The Morgan fingerprint density at radius 2 is 2.00 bits per heavy atom. The van der Waals surface area contributed by atoms with Crippen molar-refractivity contribution in [3.05, 3.63) is 45.6 Å². The summed E-state index contributed by atoms with van der Waals surface area (Å²) in [6, 6.07) is 9.48. The molecule has 1 aromatic heterocycles. The van der Waals surface area contributed by atoms with Crippen molar-refractivity contribution in [2.75, 3.05) is 5.32 Å². The van der Waals surface area contributed by atoms with E-state index in [1.807, 2.05) is 0 Å². The molecule has 1 heterocycles. The zero-order chi connectivity index (χ0) is 15.7. The quantitative estimate of drug-likeness (QED) is 0.864. The number of rotatable bonds is 5. The van der Waals surface area contributed by atoms with Crippen molar-refractivity contribution in [3.63, 3.8) is 0 Å². The molecule has 2 N–H and O–H groups in total. The van der Waals surface area contributed by atoms with Crippen LogP contribution in [0.1, 0.15) is 22.5 Å². The van der Waals surface area contributed by atoms with Crippen LogP contribution in [-0.4, -0.2) is 20.4 Å². The number of sulfonamides is 1. The van der Waals surface area contributed by atoms with Gasteiger partial charge < -0.3 is 5.32 Å². The molecular formula is C14H13ClN2O3S2. The molecule has 0 saturated heterocycles. The molecule has 22 heavy (non-hydrogen) atoms. The largest absolute Gasteiger partial charge is 0.321 e. The third-order valence-corrected chi connectivity index (χ3v) is 5.85. The minimum atomic E-state index is -3.54. The second-order valence-corrected chi connectivity index (χ2v) is 8.41. The number of carbonyl (C=O) groups excluding carboxylic acids is 1. The van der Waals surface area contributed by atoms with Crippen molar-refractivity contribution in [1.82, 2.24) is 4.72 Å². The number of hydrogen-bond acceptors (Lipinski definition) is 4. The van der Waals surface area contributed by atoms with E-state index in [0.29, 0.717) is 14.9 Å². The minimum absolute atomic E-state index is 0.0384. The summed E-state index contributed by atoms with van der Waals surface area (Å²) in [6.07, 6.45) is 1.74. The number of benzene rings is 1. The molecule has 0 radical (unpaired) electrons. The van der Waals surface area contributed by atoms with Gasteiger partial charge in [-0.15, -0.1) is 11.3 Å². The average molecular weight is 357 g/mol. The topological polar surface area (TPSA) is 75.3 Å². The van der Waals surface area contributed by atoms with E-state index in [0.717, 1.165) is 24.2 Å². The molecule has 1 amide bonds. The predicted molar refractivity (Wildman–Crippen MR) is 87.1 cm³/mol. The zero-order valence-corrected chi connectivity index (χ0v) is 13.8. The fourth-order valence-electron chi connectivity index (χ4n) is 1.86. The third-order valence-electron chi connectivity index (χ3n) is 3.10. The summed E-state index contributed by atoms with van der Waals surface area (Å²) < 4.78 is 27.4. The molecule has 5 nitrogen and oxygen atoms in total. The standard InChI is InChI=1S/C14H13ClN2O3S2/c15-13-7-6-12(21-13)14(18)16-10-2-1-3-11(8-10)22(19,20)17-9-4-5-9/h1-3,6-9,17H,4-5H2,(H,16,18). The van der Waals surface area contributed by atoms with Crippen molar-refractivity contribution < 1.29 is 13.2 Å².